The summed E-state index contributed by atoms with van der Waals surface area (Å²) < 4.78 is 65.1. The van der Waals surface area contributed by atoms with Gasteiger partial charge in [-0.2, -0.15) is 9.29 Å². The molecule has 1 aliphatic rings. The number of para-hydroxylation sites is 1. The maximum Gasteiger partial charge on any atom is 0.257 e. The van der Waals surface area contributed by atoms with Crippen LogP contribution in [0.2, 0.25) is 0 Å². The summed E-state index contributed by atoms with van der Waals surface area (Å²) in [6, 6.07) is 9.49. The third kappa shape index (κ3) is 4.71. The number of benzene rings is 2. The zero-order valence-corrected chi connectivity index (χ0v) is 18.4. The van der Waals surface area contributed by atoms with Crippen LogP contribution in [0.3, 0.4) is 0 Å². The van der Waals surface area contributed by atoms with Crippen molar-refractivity contribution < 1.29 is 31.3 Å². The minimum atomic E-state index is -4.38. The standard InChI is InChI=1S/C21H20F2N4O5S/c1-14-24-19(25-32-14)13-31-18-8-3-2-5-15(18)21(28)26-9-11-27(12-10-26)33(29,30)20-16(22)6-4-7-17(20)23/h2-8H,9-13H2,1H3. The zero-order valence-electron chi connectivity index (χ0n) is 17.6. The van der Waals surface area contributed by atoms with Crippen molar-refractivity contribution in [1.29, 1.82) is 0 Å². The summed E-state index contributed by atoms with van der Waals surface area (Å²) in [5.74, 6) is -1.64. The molecule has 0 saturated carbocycles. The van der Waals surface area contributed by atoms with Crippen LogP contribution in [-0.2, 0) is 16.6 Å². The van der Waals surface area contributed by atoms with Crippen molar-refractivity contribution in [2.45, 2.75) is 18.4 Å². The Kier molecular flexibility index (Phi) is 6.38. The molecule has 33 heavy (non-hydrogen) atoms. The van der Waals surface area contributed by atoms with Crippen LogP contribution in [0.15, 0.2) is 51.9 Å². The van der Waals surface area contributed by atoms with Crippen molar-refractivity contribution >= 4 is 15.9 Å². The molecule has 12 heteroatoms. The molecule has 1 fully saturated rings. The van der Waals surface area contributed by atoms with E-state index in [4.69, 9.17) is 9.26 Å². The number of aryl methyl sites for hydroxylation is 1. The molecule has 0 bridgehead atoms. The normalized spacial score (nSPS) is 14.9. The lowest BCUT2D eigenvalue weighted by molar-refractivity contribution is 0.0692. The number of hydrogen-bond acceptors (Lipinski definition) is 7. The lowest BCUT2D eigenvalue weighted by atomic mass is 10.1. The molecule has 1 amide bonds. The van der Waals surface area contributed by atoms with Crippen LogP contribution >= 0.6 is 0 Å². The van der Waals surface area contributed by atoms with Gasteiger partial charge in [0, 0.05) is 33.1 Å². The molecular formula is C21H20F2N4O5S. The average Bonchev–Trinajstić information content (AvgIpc) is 3.22. The maximum absolute atomic E-state index is 14.0. The van der Waals surface area contributed by atoms with E-state index < -0.39 is 26.6 Å². The molecule has 0 spiro atoms. The van der Waals surface area contributed by atoms with Crippen molar-refractivity contribution in [2.75, 3.05) is 26.2 Å². The third-order valence-corrected chi connectivity index (χ3v) is 7.04. The first-order valence-electron chi connectivity index (χ1n) is 10.0. The van der Waals surface area contributed by atoms with Gasteiger partial charge in [-0.3, -0.25) is 4.79 Å². The first-order valence-corrected chi connectivity index (χ1v) is 11.5. The maximum atomic E-state index is 14.0. The average molecular weight is 478 g/mol. The van der Waals surface area contributed by atoms with Gasteiger partial charge in [-0.1, -0.05) is 23.4 Å². The number of aromatic nitrogens is 2. The number of hydrogen-bond donors (Lipinski definition) is 0. The number of ether oxygens (including phenoxy) is 1. The van der Waals surface area contributed by atoms with Crippen LogP contribution in [0, 0.1) is 18.6 Å². The van der Waals surface area contributed by atoms with E-state index in [-0.39, 0.29) is 44.3 Å². The number of halogens is 2. The Morgan fingerprint density at radius 1 is 1.06 bits per heavy atom. The summed E-state index contributed by atoms with van der Waals surface area (Å²) in [5, 5.41) is 3.74. The number of rotatable bonds is 6. The highest BCUT2D eigenvalue weighted by atomic mass is 32.2. The molecule has 0 unspecified atom stereocenters. The van der Waals surface area contributed by atoms with Crippen LogP contribution in [-0.4, -0.2) is 59.8 Å². The highest BCUT2D eigenvalue weighted by Gasteiger charge is 2.34. The van der Waals surface area contributed by atoms with Gasteiger partial charge >= 0.3 is 0 Å². The predicted octanol–water partition coefficient (Wildman–Crippen LogP) is 2.38. The van der Waals surface area contributed by atoms with E-state index in [2.05, 4.69) is 10.1 Å². The van der Waals surface area contributed by atoms with Gasteiger partial charge in [0.25, 0.3) is 5.91 Å². The first kappa shape index (κ1) is 22.8. The molecule has 9 nitrogen and oxygen atoms in total. The van der Waals surface area contributed by atoms with E-state index in [0.717, 1.165) is 22.5 Å². The lowest BCUT2D eigenvalue weighted by Crippen LogP contribution is -2.50. The molecule has 2 aromatic carbocycles. The molecule has 0 N–H and O–H groups in total. The number of carbonyl (C=O) groups is 1. The number of nitrogens with zero attached hydrogens (tertiary/aromatic N) is 4. The molecule has 3 aromatic rings. The topological polar surface area (TPSA) is 106 Å². The quantitative estimate of drug-likeness (QED) is 0.536. The van der Waals surface area contributed by atoms with Gasteiger partial charge in [0.05, 0.1) is 5.56 Å². The van der Waals surface area contributed by atoms with Crippen LogP contribution in [0.5, 0.6) is 5.75 Å². The van der Waals surface area contributed by atoms with Gasteiger partial charge in [0.2, 0.25) is 21.7 Å². The van der Waals surface area contributed by atoms with Gasteiger partial charge in [-0.05, 0) is 24.3 Å². The minimum absolute atomic E-state index is 0.00184. The molecule has 0 aliphatic carbocycles. The van der Waals surface area contributed by atoms with Crippen LogP contribution in [0.25, 0.3) is 0 Å². The van der Waals surface area contributed by atoms with Crippen LogP contribution < -0.4 is 4.74 Å². The number of carbonyl (C=O) groups excluding carboxylic acids is 1. The Morgan fingerprint density at radius 2 is 1.73 bits per heavy atom. The van der Waals surface area contributed by atoms with Crippen molar-refractivity contribution in [1.82, 2.24) is 19.3 Å². The summed E-state index contributed by atoms with van der Waals surface area (Å²) in [4.78, 5) is 17.6. The summed E-state index contributed by atoms with van der Waals surface area (Å²) in [5.41, 5.74) is 0.286. The Balaban J connectivity index is 1.45. The van der Waals surface area contributed by atoms with Crippen molar-refractivity contribution in [3.8, 4) is 5.75 Å². The van der Waals surface area contributed by atoms with Gasteiger partial charge in [-0.15, -0.1) is 0 Å². The second-order valence-electron chi connectivity index (χ2n) is 7.26. The third-order valence-electron chi connectivity index (χ3n) is 5.09. The van der Waals surface area contributed by atoms with Crippen LogP contribution in [0.4, 0.5) is 8.78 Å². The second-order valence-corrected chi connectivity index (χ2v) is 9.14. The highest BCUT2D eigenvalue weighted by Crippen LogP contribution is 2.25. The molecule has 1 aliphatic heterocycles. The smallest absolute Gasteiger partial charge is 0.257 e. The monoisotopic (exact) mass is 478 g/mol. The Hall–Kier alpha value is -3.38. The number of piperazine rings is 1. The summed E-state index contributed by atoms with van der Waals surface area (Å²) in [6.07, 6.45) is 0. The van der Waals surface area contributed by atoms with E-state index in [1.807, 2.05) is 0 Å². The van der Waals surface area contributed by atoms with E-state index in [9.17, 15) is 22.0 Å². The lowest BCUT2D eigenvalue weighted by Gasteiger charge is -2.34. The zero-order chi connectivity index (χ0) is 23.6. The summed E-state index contributed by atoms with van der Waals surface area (Å²) in [7, 11) is -4.38. The number of sulfonamides is 1. The molecule has 1 saturated heterocycles. The van der Waals surface area contributed by atoms with Crippen molar-refractivity contribution in [3.63, 3.8) is 0 Å². The highest BCUT2D eigenvalue weighted by molar-refractivity contribution is 7.89. The largest absolute Gasteiger partial charge is 0.485 e. The Labute approximate surface area is 188 Å². The van der Waals surface area contributed by atoms with E-state index >= 15 is 0 Å². The molecule has 4 rings (SSSR count). The molecular weight excluding hydrogens is 458 g/mol. The van der Waals surface area contributed by atoms with Crippen molar-refractivity contribution in [2.24, 2.45) is 0 Å². The minimum Gasteiger partial charge on any atom is -0.485 e. The predicted molar refractivity (Wildman–Crippen MR) is 111 cm³/mol. The van der Waals surface area contributed by atoms with Crippen LogP contribution in [0.1, 0.15) is 22.1 Å². The van der Waals surface area contributed by atoms with Gasteiger partial charge in [-0.25, -0.2) is 17.2 Å². The van der Waals surface area contributed by atoms with Gasteiger partial charge in [0.15, 0.2) is 11.5 Å². The fourth-order valence-electron chi connectivity index (χ4n) is 3.47. The van der Waals surface area contributed by atoms with Gasteiger partial charge < -0.3 is 14.2 Å². The number of amides is 1. The molecule has 0 atom stereocenters. The fourth-order valence-corrected chi connectivity index (χ4v) is 5.00. The second kappa shape index (κ2) is 9.24. The summed E-state index contributed by atoms with van der Waals surface area (Å²) >= 11 is 0. The van der Waals surface area contributed by atoms with E-state index in [0.29, 0.717) is 17.5 Å². The fraction of sp³-hybridized carbons (Fsp3) is 0.286. The Bertz CT molecular complexity index is 1250. The summed E-state index contributed by atoms with van der Waals surface area (Å²) in [6.45, 7) is 1.54. The van der Waals surface area contributed by atoms with Gasteiger partial charge in [0.1, 0.15) is 17.4 Å². The molecule has 174 valence electrons. The molecule has 0 radical (unpaired) electrons. The SMILES string of the molecule is Cc1nc(COc2ccccc2C(=O)N2CCN(S(=O)(=O)c3c(F)cccc3F)CC2)no1. The van der Waals surface area contributed by atoms with E-state index in [1.165, 1.54) is 4.90 Å². The first-order chi connectivity index (χ1) is 15.8. The molecule has 2 heterocycles. The van der Waals surface area contributed by atoms with Crippen molar-refractivity contribution in [3.05, 3.63) is 71.4 Å². The molecule has 1 aromatic heterocycles. The Morgan fingerprint density at radius 3 is 2.36 bits per heavy atom. The van der Waals surface area contributed by atoms with E-state index in [1.54, 1.807) is 31.2 Å².